The molecule has 34 heavy (non-hydrogen) atoms. The average molecular weight is 460 g/mol. The molecule has 10 heteroatoms. The third-order valence-corrected chi connectivity index (χ3v) is 5.67. The largest absolute Gasteiger partial charge is 0.482 e. The first-order chi connectivity index (χ1) is 16.4. The maximum Gasteiger partial charge on any atom is 0.257 e. The maximum absolute atomic E-state index is 12.1. The summed E-state index contributed by atoms with van der Waals surface area (Å²) in [6.45, 7) is 7.91. The molecule has 0 saturated carbocycles. The summed E-state index contributed by atoms with van der Waals surface area (Å²) in [4.78, 5) is 32.3. The van der Waals surface area contributed by atoms with Crippen LogP contribution in [0.3, 0.4) is 0 Å². The maximum atomic E-state index is 12.1. The van der Waals surface area contributed by atoms with Gasteiger partial charge in [0.1, 0.15) is 17.6 Å². The van der Waals surface area contributed by atoms with Crippen LogP contribution in [0.25, 0.3) is 16.6 Å². The molecule has 2 amide bonds. The van der Waals surface area contributed by atoms with Crippen molar-refractivity contribution in [2.75, 3.05) is 44.7 Å². The van der Waals surface area contributed by atoms with Crippen LogP contribution >= 0.6 is 0 Å². The Hall–Kier alpha value is -4.39. The number of hydrogen-bond acceptors (Lipinski definition) is 7. The quantitative estimate of drug-likeness (QED) is 0.557. The van der Waals surface area contributed by atoms with Crippen LogP contribution < -0.4 is 15.0 Å². The van der Waals surface area contributed by atoms with Gasteiger partial charge in [0.15, 0.2) is 6.61 Å². The van der Waals surface area contributed by atoms with Crippen molar-refractivity contribution in [2.45, 2.75) is 6.92 Å². The van der Waals surface area contributed by atoms with Crippen LogP contribution in [0.15, 0.2) is 48.9 Å². The standard InChI is InChI=1S/C24H25N7O3/c1-16(2)24(33)30-8-6-29(7-9-30)21-5-4-17(12-27-21)20-10-19(34-15-22(32)26-3)14-31-23(20)18(11-25)13-28-31/h4-5,10,12-14H,1,6-9,15H2,2-3H3,(H,26,32). The van der Waals surface area contributed by atoms with Gasteiger partial charge in [-0.3, -0.25) is 9.59 Å². The number of likely N-dealkylation sites (N-methyl/N-ethyl adjacent to an activating group) is 1. The van der Waals surface area contributed by atoms with E-state index >= 15 is 0 Å². The second-order valence-electron chi connectivity index (χ2n) is 7.98. The first-order valence-corrected chi connectivity index (χ1v) is 10.8. The second kappa shape index (κ2) is 9.62. The number of amides is 2. The van der Waals surface area contributed by atoms with E-state index in [2.05, 4.69) is 32.9 Å². The average Bonchev–Trinajstić information content (AvgIpc) is 3.29. The lowest BCUT2D eigenvalue weighted by atomic mass is 10.1. The van der Waals surface area contributed by atoms with Crippen molar-refractivity contribution >= 4 is 23.1 Å². The minimum Gasteiger partial charge on any atom is -0.482 e. The zero-order valence-electron chi connectivity index (χ0n) is 19.1. The Bertz CT molecular complexity index is 1280. The number of hydrogen-bond donors (Lipinski definition) is 1. The predicted octanol–water partition coefficient (Wildman–Crippen LogP) is 1.62. The van der Waals surface area contributed by atoms with Gasteiger partial charge in [0, 0.05) is 56.1 Å². The molecule has 174 valence electrons. The van der Waals surface area contributed by atoms with Gasteiger partial charge in [-0.05, 0) is 25.1 Å². The van der Waals surface area contributed by atoms with E-state index in [0.717, 1.165) is 16.9 Å². The van der Waals surface area contributed by atoms with Crippen LogP contribution in [0.2, 0.25) is 0 Å². The van der Waals surface area contributed by atoms with Crippen molar-refractivity contribution in [1.82, 2.24) is 24.8 Å². The first-order valence-electron chi connectivity index (χ1n) is 10.8. The summed E-state index contributed by atoms with van der Waals surface area (Å²) in [5.74, 6) is 0.986. The molecule has 1 aliphatic rings. The molecule has 1 aliphatic heterocycles. The number of pyridine rings is 2. The van der Waals surface area contributed by atoms with Gasteiger partial charge in [0.25, 0.3) is 5.91 Å². The van der Waals surface area contributed by atoms with Crippen molar-refractivity contribution in [2.24, 2.45) is 0 Å². The molecule has 3 aromatic rings. The number of aromatic nitrogens is 3. The van der Waals surface area contributed by atoms with E-state index in [4.69, 9.17) is 4.74 Å². The van der Waals surface area contributed by atoms with Crippen molar-refractivity contribution in [3.63, 3.8) is 0 Å². The number of nitrogens with zero attached hydrogens (tertiary/aromatic N) is 6. The fourth-order valence-electron chi connectivity index (χ4n) is 3.84. The van der Waals surface area contributed by atoms with Gasteiger partial charge in [0.2, 0.25) is 5.91 Å². The van der Waals surface area contributed by atoms with Gasteiger partial charge < -0.3 is 19.9 Å². The molecule has 1 fully saturated rings. The Morgan fingerprint density at radius 1 is 1.24 bits per heavy atom. The molecule has 0 aliphatic carbocycles. The molecule has 0 atom stereocenters. The fraction of sp³-hybridized carbons (Fsp3) is 0.292. The molecule has 1 N–H and O–H groups in total. The summed E-state index contributed by atoms with van der Waals surface area (Å²) in [5, 5.41) is 16.3. The topological polar surface area (TPSA) is 116 Å². The highest BCUT2D eigenvalue weighted by atomic mass is 16.5. The highest BCUT2D eigenvalue weighted by Crippen LogP contribution is 2.31. The van der Waals surface area contributed by atoms with E-state index in [1.54, 1.807) is 41.8 Å². The number of nitriles is 1. The summed E-state index contributed by atoms with van der Waals surface area (Å²) < 4.78 is 7.18. The Morgan fingerprint density at radius 2 is 2.00 bits per heavy atom. The summed E-state index contributed by atoms with van der Waals surface area (Å²) >= 11 is 0. The summed E-state index contributed by atoms with van der Waals surface area (Å²) in [6.07, 6.45) is 4.87. The third-order valence-electron chi connectivity index (χ3n) is 5.67. The fourth-order valence-corrected chi connectivity index (χ4v) is 3.84. The van der Waals surface area contributed by atoms with Crippen LogP contribution in [-0.2, 0) is 9.59 Å². The van der Waals surface area contributed by atoms with Gasteiger partial charge >= 0.3 is 0 Å². The highest BCUT2D eigenvalue weighted by molar-refractivity contribution is 5.92. The van der Waals surface area contributed by atoms with Gasteiger partial charge in [-0.1, -0.05) is 6.58 Å². The van der Waals surface area contributed by atoms with E-state index < -0.39 is 0 Å². The smallest absolute Gasteiger partial charge is 0.257 e. The number of anilines is 1. The van der Waals surface area contributed by atoms with Crippen LogP contribution in [0, 0.1) is 11.3 Å². The Labute approximate surface area is 197 Å². The van der Waals surface area contributed by atoms with E-state index in [1.807, 2.05) is 12.1 Å². The van der Waals surface area contributed by atoms with Crippen molar-refractivity contribution < 1.29 is 14.3 Å². The van der Waals surface area contributed by atoms with Crippen molar-refractivity contribution in [1.29, 1.82) is 5.26 Å². The van der Waals surface area contributed by atoms with E-state index in [9.17, 15) is 14.9 Å². The third kappa shape index (κ3) is 4.54. The molecular formula is C24H25N7O3. The van der Waals surface area contributed by atoms with Gasteiger partial charge in [0.05, 0.1) is 23.5 Å². The van der Waals surface area contributed by atoms with Gasteiger partial charge in [-0.2, -0.15) is 10.4 Å². The molecule has 4 rings (SSSR count). The lowest BCUT2D eigenvalue weighted by Gasteiger charge is -2.35. The zero-order valence-corrected chi connectivity index (χ0v) is 19.1. The molecule has 0 aromatic carbocycles. The Balaban J connectivity index is 1.59. The van der Waals surface area contributed by atoms with E-state index in [-0.39, 0.29) is 18.4 Å². The predicted molar refractivity (Wildman–Crippen MR) is 126 cm³/mol. The Morgan fingerprint density at radius 3 is 2.62 bits per heavy atom. The van der Waals surface area contributed by atoms with Crippen molar-refractivity contribution in [3.8, 4) is 22.9 Å². The number of piperazine rings is 1. The van der Waals surface area contributed by atoms with E-state index in [1.165, 1.54) is 6.20 Å². The number of ether oxygens (including phenoxy) is 1. The molecule has 1 saturated heterocycles. The number of rotatable bonds is 6. The SMILES string of the molecule is C=C(C)C(=O)N1CCN(c2ccc(-c3cc(OCC(=O)NC)cn4ncc(C#N)c34)cn2)CC1. The van der Waals surface area contributed by atoms with E-state index in [0.29, 0.717) is 48.6 Å². The molecule has 0 unspecified atom stereocenters. The van der Waals surface area contributed by atoms with Crippen LogP contribution in [0.4, 0.5) is 5.82 Å². The number of carbonyl (C=O) groups excluding carboxylic acids is 2. The van der Waals surface area contributed by atoms with Crippen LogP contribution in [-0.4, -0.2) is 71.1 Å². The Kier molecular flexibility index (Phi) is 6.45. The lowest BCUT2D eigenvalue weighted by molar-refractivity contribution is -0.127. The lowest BCUT2D eigenvalue weighted by Crippen LogP contribution is -2.49. The number of carbonyl (C=O) groups is 2. The number of nitrogens with one attached hydrogen (secondary N) is 1. The normalized spacial score (nSPS) is 13.4. The monoisotopic (exact) mass is 459 g/mol. The van der Waals surface area contributed by atoms with Crippen LogP contribution in [0.5, 0.6) is 5.75 Å². The minimum absolute atomic E-state index is 0.0143. The van der Waals surface area contributed by atoms with Gasteiger partial charge in [-0.25, -0.2) is 9.50 Å². The molecular weight excluding hydrogens is 434 g/mol. The second-order valence-corrected chi connectivity index (χ2v) is 7.98. The van der Waals surface area contributed by atoms with Gasteiger partial charge in [-0.15, -0.1) is 0 Å². The molecule has 4 heterocycles. The summed E-state index contributed by atoms with van der Waals surface area (Å²) in [7, 11) is 1.54. The zero-order chi connectivity index (χ0) is 24.2. The molecule has 3 aromatic heterocycles. The minimum atomic E-state index is -0.254. The first kappa shape index (κ1) is 22.8. The number of fused-ring (bicyclic) bond motifs is 1. The highest BCUT2D eigenvalue weighted by Gasteiger charge is 2.22. The van der Waals surface area contributed by atoms with Crippen molar-refractivity contribution in [3.05, 3.63) is 54.5 Å². The molecule has 10 nitrogen and oxygen atoms in total. The molecule has 0 spiro atoms. The molecule has 0 bridgehead atoms. The summed E-state index contributed by atoms with van der Waals surface area (Å²) in [5.41, 5.74) is 3.11. The summed E-state index contributed by atoms with van der Waals surface area (Å²) in [6, 6.07) is 7.79. The molecule has 0 radical (unpaired) electrons. The van der Waals surface area contributed by atoms with Crippen LogP contribution in [0.1, 0.15) is 12.5 Å².